The van der Waals surface area contributed by atoms with Crippen molar-refractivity contribution in [3.05, 3.63) is 35.9 Å². The van der Waals surface area contributed by atoms with Crippen LogP contribution in [0.1, 0.15) is 51.0 Å². The summed E-state index contributed by atoms with van der Waals surface area (Å²) in [4.78, 5) is 11.6. The fourth-order valence-electron chi connectivity index (χ4n) is 3.02. The molecule has 0 amide bonds. The highest BCUT2D eigenvalue weighted by molar-refractivity contribution is 5.69. The predicted molar refractivity (Wildman–Crippen MR) is 135 cm³/mol. The molecule has 0 radical (unpaired) electrons. The van der Waals surface area contributed by atoms with Gasteiger partial charge >= 0.3 is 5.97 Å². The Balaban J connectivity index is 1.68. The Kier molecular flexibility index (Phi) is 23.0. The van der Waals surface area contributed by atoms with Crippen molar-refractivity contribution in [2.24, 2.45) is 0 Å². The highest BCUT2D eigenvalue weighted by Gasteiger charge is 2.02. The summed E-state index contributed by atoms with van der Waals surface area (Å²) in [6.45, 7) is 8.66. The summed E-state index contributed by atoms with van der Waals surface area (Å²) in [6.07, 6.45) is 6.12. The molecule has 0 bridgehead atoms. The first-order valence-electron chi connectivity index (χ1n) is 13.0. The molecular weight excluding hydrogens is 452 g/mol. The number of esters is 1. The molecule has 0 atom stereocenters. The van der Waals surface area contributed by atoms with E-state index in [9.17, 15) is 4.79 Å². The summed E-state index contributed by atoms with van der Waals surface area (Å²) in [5.41, 5.74) is 1.16. The first kappa shape index (κ1) is 31.5. The lowest BCUT2D eigenvalue weighted by atomic mass is 10.1. The van der Waals surface area contributed by atoms with Crippen LogP contribution in [0.5, 0.6) is 0 Å². The van der Waals surface area contributed by atoms with Gasteiger partial charge in [-0.2, -0.15) is 0 Å². The van der Waals surface area contributed by atoms with Crippen molar-refractivity contribution in [1.82, 2.24) is 0 Å². The average Bonchev–Trinajstić information content (AvgIpc) is 2.88. The van der Waals surface area contributed by atoms with Gasteiger partial charge in [0.1, 0.15) is 6.61 Å². The van der Waals surface area contributed by atoms with Gasteiger partial charge in [-0.15, -0.1) is 0 Å². The van der Waals surface area contributed by atoms with Crippen molar-refractivity contribution in [3.8, 4) is 0 Å². The van der Waals surface area contributed by atoms with Crippen LogP contribution in [-0.2, 0) is 44.6 Å². The maximum Gasteiger partial charge on any atom is 0.305 e. The Hall–Kier alpha value is -1.55. The average molecular weight is 499 g/mol. The second-order valence-corrected chi connectivity index (χ2v) is 7.98. The van der Waals surface area contributed by atoms with E-state index in [0.29, 0.717) is 92.3 Å². The normalized spacial score (nSPS) is 11.1. The number of benzene rings is 1. The molecule has 0 spiro atoms. The minimum absolute atomic E-state index is 0.140. The first-order valence-corrected chi connectivity index (χ1v) is 13.0. The Morgan fingerprint density at radius 2 is 1.03 bits per heavy atom. The van der Waals surface area contributed by atoms with Crippen LogP contribution < -0.4 is 0 Å². The van der Waals surface area contributed by atoms with E-state index in [4.69, 9.17) is 33.2 Å². The topological polar surface area (TPSA) is 81.7 Å². The maximum absolute atomic E-state index is 11.6. The Labute approximate surface area is 211 Å². The quantitative estimate of drug-likeness (QED) is 0.139. The summed E-state index contributed by atoms with van der Waals surface area (Å²) in [7, 11) is 0. The fourth-order valence-corrected chi connectivity index (χ4v) is 3.02. The van der Waals surface area contributed by atoms with Crippen molar-refractivity contribution < 1.29 is 38.0 Å². The molecule has 0 heterocycles. The summed E-state index contributed by atoms with van der Waals surface area (Å²) < 4.78 is 37.9. The SMILES string of the molecule is CCCCCCCC(=O)OCCOCCOCCOCCOCCOCCOCc1ccccc1. The first-order chi connectivity index (χ1) is 17.3. The van der Waals surface area contributed by atoms with Crippen molar-refractivity contribution in [1.29, 1.82) is 0 Å². The van der Waals surface area contributed by atoms with E-state index >= 15 is 0 Å². The molecule has 8 heteroatoms. The number of hydrogen-bond donors (Lipinski definition) is 0. The summed E-state index contributed by atoms with van der Waals surface area (Å²) >= 11 is 0. The molecular formula is C27H46O8. The monoisotopic (exact) mass is 498 g/mol. The Morgan fingerprint density at radius 3 is 1.54 bits per heavy atom. The molecule has 0 unspecified atom stereocenters. The van der Waals surface area contributed by atoms with Gasteiger partial charge < -0.3 is 33.2 Å². The molecule has 35 heavy (non-hydrogen) atoms. The van der Waals surface area contributed by atoms with Crippen molar-refractivity contribution in [2.75, 3.05) is 79.3 Å². The Bertz CT molecular complexity index is 570. The predicted octanol–water partition coefficient (Wildman–Crippen LogP) is 4.19. The van der Waals surface area contributed by atoms with E-state index in [-0.39, 0.29) is 5.97 Å². The highest BCUT2D eigenvalue weighted by Crippen LogP contribution is 2.05. The maximum atomic E-state index is 11.6. The largest absolute Gasteiger partial charge is 0.463 e. The molecule has 8 nitrogen and oxygen atoms in total. The molecule has 0 aliphatic carbocycles. The smallest absolute Gasteiger partial charge is 0.305 e. The van der Waals surface area contributed by atoms with E-state index in [1.807, 2.05) is 30.3 Å². The van der Waals surface area contributed by atoms with Gasteiger partial charge in [0.15, 0.2) is 0 Å². The lowest BCUT2D eigenvalue weighted by Crippen LogP contribution is -2.15. The van der Waals surface area contributed by atoms with Crippen LogP contribution >= 0.6 is 0 Å². The van der Waals surface area contributed by atoms with Crippen molar-refractivity contribution in [3.63, 3.8) is 0 Å². The second-order valence-electron chi connectivity index (χ2n) is 7.98. The molecule has 0 saturated carbocycles. The highest BCUT2D eigenvalue weighted by atomic mass is 16.6. The number of carbonyl (C=O) groups excluding carboxylic acids is 1. The van der Waals surface area contributed by atoms with Crippen LogP contribution in [0.3, 0.4) is 0 Å². The standard InChI is InChI=1S/C27H46O8/c1-2-3-4-5-9-12-27(28)35-24-23-33-20-19-31-16-15-29-13-14-30-17-18-32-21-22-34-25-26-10-7-6-8-11-26/h6-8,10-11H,2-5,9,12-25H2,1H3. The summed E-state index contributed by atoms with van der Waals surface area (Å²) in [5.74, 6) is -0.140. The molecule has 1 aromatic carbocycles. The molecule has 0 N–H and O–H groups in total. The second kappa shape index (κ2) is 25.5. The molecule has 1 aromatic rings. The van der Waals surface area contributed by atoms with Crippen LogP contribution in [0.15, 0.2) is 30.3 Å². The molecule has 0 aliphatic heterocycles. The zero-order valence-electron chi connectivity index (χ0n) is 21.6. The van der Waals surface area contributed by atoms with E-state index in [1.54, 1.807) is 0 Å². The lowest BCUT2D eigenvalue weighted by molar-refractivity contribution is -0.145. The zero-order chi connectivity index (χ0) is 25.1. The van der Waals surface area contributed by atoms with Gasteiger partial charge in [0, 0.05) is 6.42 Å². The van der Waals surface area contributed by atoms with Crippen LogP contribution in [0.4, 0.5) is 0 Å². The van der Waals surface area contributed by atoms with Gasteiger partial charge in [-0.1, -0.05) is 62.9 Å². The molecule has 0 aliphatic rings. The van der Waals surface area contributed by atoms with Gasteiger partial charge in [0.2, 0.25) is 0 Å². The van der Waals surface area contributed by atoms with Crippen LogP contribution in [0.25, 0.3) is 0 Å². The zero-order valence-corrected chi connectivity index (χ0v) is 21.6. The lowest BCUT2D eigenvalue weighted by Gasteiger charge is -2.08. The summed E-state index contributed by atoms with van der Waals surface area (Å²) in [6, 6.07) is 10.1. The fraction of sp³-hybridized carbons (Fsp3) is 0.741. The molecule has 0 fully saturated rings. The molecule has 1 rings (SSSR count). The van der Waals surface area contributed by atoms with Crippen LogP contribution in [0.2, 0.25) is 0 Å². The third-order valence-electron chi connectivity index (χ3n) is 4.95. The molecule has 0 saturated heterocycles. The van der Waals surface area contributed by atoms with Crippen molar-refractivity contribution >= 4 is 5.97 Å². The number of carbonyl (C=O) groups is 1. The molecule has 0 aromatic heterocycles. The number of ether oxygens (including phenoxy) is 7. The minimum atomic E-state index is -0.140. The number of rotatable bonds is 26. The van der Waals surface area contributed by atoms with Gasteiger partial charge in [-0.3, -0.25) is 4.79 Å². The van der Waals surface area contributed by atoms with Gasteiger partial charge in [-0.05, 0) is 12.0 Å². The van der Waals surface area contributed by atoms with Gasteiger partial charge in [-0.25, -0.2) is 0 Å². The van der Waals surface area contributed by atoms with E-state index in [0.717, 1.165) is 18.4 Å². The van der Waals surface area contributed by atoms with E-state index in [2.05, 4.69) is 6.92 Å². The third kappa shape index (κ3) is 22.6. The van der Waals surface area contributed by atoms with Gasteiger partial charge in [0.05, 0.1) is 79.3 Å². The van der Waals surface area contributed by atoms with Crippen LogP contribution in [0, 0.1) is 0 Å². The Morgan fingerprint density at radius 1 is 0.571 bits per heavy atom. The van der Waals surface area contributed by atoms with Gasteiger partial charge in [0.25, 0.3) is 0 Å². The number of hydrogen-bond acceptors (Lipinski definition) is 8. The van der Waals surface area contributed by atoms with E-state index in [1.165, 1.54) is 19.3 Å². The number of unbranched alkanes of at least 4 members (excludes halogenated alkanes) is 4. The van der Waals surface area contributed by atoms with E-state index < -0.39 is 0 Å². The van der Waals surface area contributed by atoms with Crippen molar-refractivity contribution in [2.45, 2.75) is 52.1 Å². The molecule has 202 valence electrons. The summed E-state index contributed by atoms with van der Waals surface area (Å²) in [5, 5.41) is 0. The third-order valence-corrected chi connectivity index (χ3v) is 4.95. The van der Waals surface area contributed by atoms with Crippen LogP contribution in [-0.4, -0.2) is 85.3 Å². The minimum Gasteiger partial charge on any atom is -0.463 e.